The highest BCUT2D eigenvalue weighted by atomic mass is 16.4. The van der Waals surface area contributed by atoms with Gasteiger partial charge in [0, 0.05) is 24.8 Å². The normalized spacial score (nSPS) is 14.5. The number of nitrogens with one attached hydrogen (secondary N) is 2. The van der Waals surface area contributed by atoms with E-state index < -0.39 is 5.97 Å². The van der Waals surface area contributed by atoms with Crippen LogP contribution in [0, 0.1) is 5.92 Å². The number of benzene rings is 2. The predicted molar refractivity (Wildman–Crippen MR) is 127 cm³/mol. The van der Waals surface area contributed by atoms with E-state index in [1.165, 1.54) is 32.1 Å². The fraction of sp³-hybridized carbons (Fsp3) is 0.385. The fourth-order valence-corrected chi connectivity index (χ4v) is 4.50. The highest BCUT2D eigenvalue weighted by Gasteiger charge is 2.13. The summed E-state index contributed by atoms with van der Waals surface area (Å²) in [6, 6.07) is 14.9. The van der Waals surface area contributed by atoms with Crippen LogP contribution in [0.1, 0.15) is 42.5 Å². The topological polar surface area (TPSA) is 83.4 Å². The molecule has 0 bridgehead atoms. The molecule has 0 aliphatic heterocycles. The molecule has 0 atom stereocenters. The minimum Gasteiger partial charge on any atom is -0.478 e. The van der Waals surface area contributed by atoms with E-state index in [-0.39, 0.29) is 18.0 Å². The first kappa shape index (κ1) is 22.1. The monoisotopic (exact) mass is 433 g/mol. The minimum absolute atomic E-state index is 0.00168. The zero-order valence-corrected chi connectivity index (χ0v) is 18.3. The lowest BCUT2D eigenvalue weighted by Gasteiger charge is -2.21. The van der Waals surface area contributed by atoms with Gasteiger partial charge in [-0.15, -0.1) is 0 Å². The number of hydrogen-bond acceptors (Lipinski definition) is 3. The van der Waals surface area contributed by atoms with Gasteiger partial charge in [-0.25, -0.2) is 4.79 Å². The number of carbonyl (C=O) groups excluding carboxylic acids is 1. The van der Waals surface area contributed by atoms with Crippen molar-refractivity contribution in [1.82, 2.24) is 15.2 Å². The first-order valence-electron chi connectivity index (χ1n) is 11.5. The molecule has 4 rings (SSSR count). The molecule has 3 N–H and O–H groups in total. The summed E-state index contributed by atoms with van der Waals surface area (Å²) in [6.45, 7) is 2.75. The average molecular weight is 434 g/mol. The first-order chi connectivity index (χ1) is 15.6. The summed E-state index contributed by atoms with van der Waals surface area (Å²) in [6.07, 6.45) is 8.66. The number of aromatic carboxylic acids is 1. The van der Waals surface area contributed by atoms with E-state index in [1.807, 2.05) is 47.2 Å². The lowest BCUT2D eigenvalue weighted by atomic mass is 9.89. The molecule has 0 saturated heterocycles. The van der Waals surface area contributed by atoms with Crippen molar-refractivity contribution in [2.24, 2.45) is 5.92 Å². The van der Waals surface area contributed by atoms with Gasteiger partial charge in [-0.2, -0.15) is 0 Å². The van der Waals surface area contributed by atoms with Crippen molar-refractivity contribution in [2.45, 2.75) is 38.6 Å². The third kappa shape index (κ3) is 5.56. The molecular weight excluding hydrogens is 402 g/mol. The molecule has 1 saturated carbocycles. The lowest BCUT2D eigenvalue weighted by Crippen LogP contribution is -2.35. The molecule has 32 heavy (non-hydrogen) atoms. The molecular formula is C26H31N3O3. The van der Waals surface area contributed by atoms with E-state index >= 15 is 0 Å². The largest absolute Gasteiger partial charge is 0.478 e. The average Bonchev–Trinajstić information content (AvgIpc) is 3.21. The van der Waals surface area contributed by atoms with Crippen LogP contribution >= 0.6 is 0 Å². The number of carboxylic acid groups (broad SMARTS) is 1. The summed E-state index contributed by atoms with van der Waals surface area (Å²) in [4.78, 5) is 23.5. The number of amides is 1. The van der Waals surface area contributed by atoms with Gasteiger partial charge >= 0.3 is 5.97 Å². The standard InChI is InChI=1S/C26H31N3O3/c30-25(28-14-13-27-17-19-4-2-1-3-5-19)18-29-15-12-21-8-11-23(16-24(21)29)20-6-9-22(10-7-20)26(31)32/h6-12,15-16,19,27H,1-5,13-14,17-18H2,(H,28,30)(H,31,32). The van der Waals surface area contributed by atoms with Crippen molar-refractivity contribution in [1.29, 1.82) is 0 Å². The van der Waals surface area contributed by atoms with Crippen LogP contribution in [-0.2, 0) is 11.3 Å². The van der Waals surface area contributed by atoms with Gasteiger partial charge in [-0.1, -0.05) is 43.5 Å². The second kappa shape index (κ2) is 10.5. The maximum absolute atomic E-state index is 12.5. The van der Waals surface area contributed by atoms with Crippen LogP contribution in [0.2, 0.25) is 0 Å². The van der Waals surface area contributed by atoms with Crippen LogP contribution in [0.25, 0.3) is 22.0 Å². The molecule has 3 aromatic rings. The third-order valence-corrected chi connectivity index (χ3v) is 6.33. The summed E-state index contributed by atoms with van der Waals surface area (Å²) >= 11 is 0. The Morgan fingerprint density at radius 1 is 0.938 bits per heavy atom. The Morgan fingerprint density at radius 2 is 1.69 bits per heavy atom. The maximum atomic E-state index is 12.5. The molecule has 2 aromatic carbocycles. The summed E-state index contributed by atoms with van der Waals surface area (Å²) in [5, 5.41) is 16.6. The number of nitrogens with zero attached hydrogens (tertiary/aromatic N) is 1. The number of carbonyl (C=O) groups is 2. The molecule has 0 radical (unpaired) electrons. The van der Waals surface area contributed by atoms with Crippen LogP contribution in [0.4, 0.5) is 0 Å². The van der Waals surface area contributed by atoms with Crippen molar-refractivity contribution in [3.8, 4) is 11.1 Å². The summed E-state index contributed by atoms with van der Waals surface area (Å²) in [7, 11) is 0. The molecule has 6 heteroatoms. The lowest BCUT2D eigenvalue weighted by molar-refractivity contribution is -0.121. The molecule has 0 unspecified atom stereocenters. The highest BCUT2D eigenvalue weighted by molar-refractivity contribution is 5.90. The molecule has 6 nitrogen and oxygen atoms in total. The molecule has 1 aliphatic rings. The Morgan fingerprint density at radius 3 is 2.44 bits per heavy atom. The number of rotatable bonds is 9. The molecule has 1 heterocycles. The quantitative estimate of drug-likeness (QED) is 0.440. The highest BCUT2D eigenvalue weighted by Crippen LogP contribution is 2.26. The summed E-state index contributed by atoms with van der Waals surface area (Å²) < 4.78 is 1.95. The Labute approximate surface area is 188 Å². The molecule has 0 spiro atoms. The van der Waals surface area contributed by atoms with Gasteiger partial charge in [0.2, 0.25) is 5.91 Å². The number of carboxylic acids is 1. The molecule has 1 amide bonds. The second-order valence-electron chi connectivity index (χ2n) is 8.66. The van der Waals surface area contributed by atoms with E-state index in [0.29, 0.717) is 6.54 Å². The van der Waals surface area contributed by atoms with Gasteiger partial charge in [0.25, 0.3) is 0 Å². The van der Waals surface area contributed by atoms with E-state index in [1.54, 1.807) is 12.1 Å². The van der Waals surface area contributed by atoms with E-state index in [9.17, 15) is 9.59 Å². The van der Waals surface area contributed by atoms with E-state index in [2.05, 4.69) is 10.6 Å². The zero-order valence-electron chi connectivity index (χ0n) is 18.3. The Balaban J connectivity index is 1.32. The van der Waals surface area contributed by atoms with Crippen LogP contribution in [0.15, 0.2) is 54.7 Å². The van der Waals surface area contributed by atoms with Crippen LogP contribution in [0.3, 0.4) is 0 Å². The van der Waals surface area contributed by atoms with Gasteiger partial charge in [-0.05, 0) is 66.1 Å². The maximum Gasteiger partial charge on any atom is 0.335 e. The van der Waals surface area contributed by atoms with Crippen molar-refractivity contribution in [3.05, 3.63) is 60.3 Å². The van der Waals surface area contributed by atoms with Crippen LogP contribution in [-0.4, -0.2) is 41.2 Å². The molecule has 168 valence electrons. The van der Waals surface area contributed by atoms with Gasteiger partial charge in [-0.3, -0.25) is 4.79 Å². The Kier molecular flexibility index (Phi) is 7.22. The SMILES string of the molecule is O=C(Cn1ccc2ccc(-c3ccc(C(=O)O)cc3)cc21)NCCNCC1CCCCC1. The number of fused-ring (bicyclic) bond motifs is 1. The van der Waals surface area contributed by atoms with Crippen molar-refractivity contribution < 1.29 is 14.7 Å². The molecule has 1 aromatic heterocycles. The molecule has 1 aliphatic carbocycles. The van der Waals surface area contributed by atoms with Crippen molar-refractivity contribution in [3.63, 3.8) is 0 Å². The van der Waals surface area contributed by atoms with Crippen molar-refractivity contribution in [2.75, 3.05) is 19.6 Å². The second-order valence-corrected chi connectivity index (χ2v) is 8.66. The summed E-state index contributed by atoms with van der Waals surface area (Å²) in [5.74, 6) is -0.144. The fourth-order valence-electron chi connectivity index (χ4n) is 4.50. The third-order valence-electron chi connectivity index (χ3n) is 6.33. The minimum atomic E-state index is -0.934. The van der Waals surface area contributed by atoms with Gasteiger partial charge in [0.05, 0.1) is 5.56 Å². The van der Waals surface area contributed by atoms with Gasteiger partial charge < -0.3 is 20.3 Å². The van der Waals surface area contributed by atoms with Gasteiger partial charge in [0.1, 0.15) is 6.54 Å². The van der Waals surface area contributed by atoms with E-state index in [4.69, 9.17) is 5.11 Å². The van der Waals surface area contributed by atoms with E-state index in [0.717, 1.165) is 41.0 Å². The first-order valence-corrected chi connectivity index (χ1v) is 11.5. The van der Waals surface area contributed by atoms with Crippen LogP contribution in [0.5, 0.6) is 0 Å². The van der Waals surface area contributed by atoms with Gasteiger partial charge in [0.15, 0.2) is 0 Å². The Hall–Kier alpha value is -3.12. The number of hydrogen-bond donors (Lipinski definition) is 3. The molecule has 1 fully saturated rings. The number of aromatic nitrogens is 1. The predicted octanol–water partition coefficient (Wildman–Crippen LogP) is 4.29. The van der Waals surface area contributed by atoms with Crippen LogP contribution < -0.4 is 10.6 Å². The zero-order chi connectivity index (χ0) is 22.3. The van der Waals surface area contributed by atoms with Crippen molar-refractivity contribution >= 4 is 22.8 Å². The summed E-state index contributed by atoms with van der Waals surface area (Å²) in [5.41, 5.74) is 3.18. The Bertz CT molecular complexity index is 1070. The smallest absolute Gasteiger partial charge is 0.335 e.